The first kappa shape index (κ1) is 19.3. The molecule has 1 aromatic heterocycles. The van der Waals surface area contributed by atoms with Crippen LogP contribution in [-0.4, -0.2) is 34.7 Å². The van der Waals surface area contributed by atoms with Crippen molar-refractivity contribution in [2.75, 3.05) is 24.5 Å². The molecule has 1 fully saturated rings. The zero-order valence-electron chi connectivity index (χ0n) is 15.7. The maximum absolute atomic E-state index is 12.4. The second kappa shape index (κ2) is 8.36. The highest BCUT2D eigenvalue weighted by Crippen LogP contribution is 2.22. The highest BCUT2D eigenvalue weighted by molar-refractivity contribution is 5.79. The van der Waals surface area contributed by atoms with E-state index in [0.29, 0.717) is 31.4 Å². The number of anilines is 1. The molecule has 1 aliphatic rings. The van der Waals surface area contributed by atoms with Crippen molar-refractivity contribution in [3.63, 3.8) is 0 Å². The molecule has 0 aromatic carbocycles. The molecule has 7 heteroatoms. The molecular formula is C18H30N4O3. The summed E-state index contributed by atoms with van der Waals surface area (Å²) in [6, 6.07) is 1.50. The van der Waals surface area contributed by atoms with E-state index in [1.807, 2.05) is 11.8 Å². The van der Waals surface area contributed by atoms with Crippen LogP contribution in [0, 0.1) is 11.8 Å². The van der Waals surface area contributed by atoms with Gasteiger partial charge >= 0.3 is 5.69 Å². The van der Waals surface area contributed by atoms with Gasteiger partial charge in [-0.15, -0.1) is 0 Å². The number of amides is 1. The Kier molecular flexibility index (Phi) is 6.45. The molecule has 0 aliphatic carbocycles. The molecule has 1 aliphatic heterocycles. The van der Waals surface area contributed by atoms with Crippen LogP contribution in [0.1, 0.15) is 40.0 Å². The van der Waals surface area contributed by atoms with Gasteiger partial charge in [-0.05, 0) is 32.1 Å². The normalized spacial score (nSPS) is 17.8. The Bertz CT molecular complexity index is 720. The number of rotatable bonds is 6. The Hall–Kier alpha value is -2.05. The number of nitrogens with one attached hydrogen (secondary N) is 1. The van der Waals surface area contributed by atoms with Crippen LogP contribution in [0.5, 0.6) is 0 Å². The van der Waals surface area contributed by atoms with E-state index < -0.39 is 0 Å². The van der Waals surface area contributed by atoms with Gasteiger partial charge in [0.05, 0.1) is 5.92 Å². The van der Waals surface area contributed by atoms with Crippen LogP contribution in [0.15, 0.2) is 15.7 Å². The molecule has 0 radical (unpaired) electrons. The van der Waals surface area contributed by atoms with Gasteiger partial charge in [0.15, 0.2) is 0 Å². The summed E-state index contributed by atoms with van der Waals surface area (Å²) in [5.74, 6) is 1.14. The summed E-state index contributed by atoms with van der Waals surface area (Å²) in [5.41, 5.74) is -0.623. The average molecular weight is 350 g/mol. The second-order valence-corrected chi connectivity index (χ2v) is 7.19. The summed E-state index contributed by atoms with van der Waals surface area (Å²) < 4.78 is 2.72. The van der Waals surface area contributed by atoms with Crippen LogP contribution in [-0.2, 0) is 18.4 Å². The maximum Gasteiger partial charge on any atom is 0.332 e. The van der Waals surface area contributed by atoms with Gasteiger partial charge < -0.3 is 10.2 Å². The van der Waals surface area contributed by atoms with Crippen molar-refractivity contribution in [3.05, 3.63) is 26.9 Å². The SMILES string of the molecule is CCn1c(N2CCCC(C(=O)NCCC(C)C)C2)cc(=O)n(C)c1=O. The van der Waals surface area contributed by atoms with E-state index in [-0.39, 0.29) is 23.1 Å². The van der Waals surface area contributed by atoms with Crippen molar-refractivity contribution in [1.29, 1.82) is 0 Å². The van der Waals surface area contributed by atoms with Crippen molar-refractivity contribution in [2.45, 2.75) is 46.6 Å². The van der Waals surface area contributed by atoms with Crippen LogP contribution in [0.3, 0.4) is 0 Å². The maximum atomic E-state index is 12.4. The lowest BCUT2D eigenvalue weighted by Gasteiger charge is -2.34. The minimum Gasteiger partial charge on any atom is -0.357 e. The van der Waals surface area contributed by atoms with Crippen molar-refractivity contribution < 1.29 is 4.79 Å². The fourth-order valence-electron chi connectivity index (χ4n) is 3.25. The van der Waals surface area contributed by atoms with E-state index in [4.69, 9.17) is 0 Å². The van der Waals surface area contributed by atoms with E-state index in [9.17, 15) is 14.4 Å². The van der Waals surface area contributed by atoms with Gasteiger partial charge in [0, 0.05) is 39.3 Å². The molecular weight excluding hydrogens is 320 g/mol. The second-order valence-electron chi connectivity index (χ2n) is 7.19. The molecule has 1 amide bonds. The Labute approximate surface area is 148 Å². The molecule has 1 unspecified atom stereocenters. The third kappa shape index (κ3) is 4.52. The average Bonchev–Trinajstić information content (AvgIpc) is 2.59. The lowest BCUT2D eigenvalue weighted by molar-refractivity contribution is -0.125. The van der Waals surface area contributed by atoms with E-state index in [1.165, 1.54) is 13.1 Å². The quantitative estimate of drug-likeness (QED) is 0.829. The minimum absolute atomic E-state index is 0.0691. The van der Waals surface area contributed by atoms with Gasteiger partial charge in [-0.25, -0.2) is 4.79 Å². The molecule has 1 N–H and O–H groups in total. The van der Waals surface area contributed by atoms with Crippen molar-refractivity contribution >= 4 is 11.7 Å². The molecule has 0 bridgehead atoms. The Morgan fingerprint density at radius 1 is 1.36 bits per heavy atom. The first-order valence-electron chi connectivity index (χ1n) is 9.18. The number of nitrogens with zero attached hydrogens (tertiary/aromatic N) is 3. The summed E-state index contributed by atoms with van der Waals surface area (Å²) in [4.78, 5) is 38.8. The first-order valence-corrected chi connectivity index (χ1v) is 9.18. The molecule has 0 saturated carbocycles. The monoisotopic (exact) mass is 350 g/mol. The third-order valence-corrected chi connectivity index (χ3v) is 4.83. The van der Waals surface area contributed by atoms with E-state index >= 15 is 0 Å². The molecule has 2 heterocycles. The summed E-state index contributed by atoms with van der Waals surface area (Å²) >= 11 is 0. The Morgan fingerprint density at radius 2 is 2.08 bits per heavy atom. The van der Waals surface area contributed by atoms with Crippen LogP contribution in [0.4, 0.5) is 5.82 Å². The minimum atomic E-state index is -0.312. The molecule has 7 nitrogen and oxygen atoms in total. The number of aromatic nitrogens is 2. The predicted octanol–water partition coefficient (Wildman–Crippen LogP) is 0.946. The van der Waals surface area contributed by atoms with Crippen molar-refractivity contribution in [2.24, 2.45) is 18.9 Å². The lowest BCUT2D eigenvalue weighted by atomic mass is 9.97. The first-order chi connectivity index (χ1) is 11.8. The van der Waals surface area contributed by atoms with Gasteiger partial charge in [0.25, 0.3) is 5.56 Å². The Morgan fingerprint density at radius 3 is 2.72 bits per heavy atom. The highest BCUT2D eigenvalue weighted by Gasteiger charge is 2.27. The van der Waals surface area contributed by atoms with Crippen LogP contribution in [0.2, 0.25) is 0 Å². The van der Waals surface area contributed by atoms with Crippen molar-refractivity contribution in [3.8, 4) is 0 Å². The molecule has 140 valence electrons. The molecule has 1 aromatic rings. The zero-order valence-corrected chi connectivity index (χ0v) is 15.7. The van der Waals surface area contributed by atoms with Gasteiger partial charge in [-0.1, -0.05) is 13.8 Å². The van der Waals surface area contributed by atoms with Crippen LogP contribution in [0.25, 0.3) is 0 Å². The van der Waals surface area contributed by atoms with Crippen LogP contribution < -0.4 is 21.5 Å². The summed E-state index contributed by atoms with van der Waals surface area (Å²) in [7, 11) is 1.49. The van der Waals surface area contributed by atoms with E-state index in [0.717, 1.165) is 30.4 Å². The fraction of sp³-hybridized carbons (Fsp3) is 0.722. The number of carbonyl (C=O) groups is 1. The summed E-state index contributed by atoms with van der Waals surface area (Å²) in [6.45, 7) is 8.63. The third-order valence-electron chi connectivity index (χ3n) is 4.83. The number of hydrogen-bond donors (Lipinski definition) is 1. The van der Waals surface area contributed by atoms with Crippen molar-refractivity contribution in [1.82, 2.24) is 14.5 Å². The smallest absolute Gasteiger partial charge is 0.332 e. The molecule has 1 saturated heterocycles. The summed E-state index contributed by atoms with van der Waals surface area (Å²) in [6.07, 6.45) is 2.67. The lowest BCUT2D eigenvalue weighted by Crippen LogP contribution is -2.47. The molecule has 1 atom stereocenters. The van der Waals surface area contributed by atoms with Gasteiger partial charge in [0.2, 0.25) is 5.91 Å². The number of piperidine rings is 1. The predicted molar refractivity (Wildman–Crippen MR) is 99.0 cm³/mol. The van der Waals surface area contributed by atoms with Gasteiger partial charge in [-0.2, -0.15) is 0 Å². The standard InChI is InChI=1S/C18H30N4O3/c1-5-22-15(11-16(23)20(4)18(22)25)21-10-6-7-14(12-21)17(24)19-9-8-13(2)3/h11,13-14H,5-10,12H2,1-4H3,(H,19,24). The molecule has 0 spiro atoms. The number of hydrogen-bond acceptors (Lipinski definition) is 4. The topological polar surface area (TPSA) is 76.3 Å². The number of carbonyl (C=O) groups excluding carboxylic acids is 1. The molecule has 25 heavy (non-hydrogen) atoms. The van der Waals surface area contributed by atoms with Gasteiger partial charge in [0.1, 0.15) is 5.82 Å². The summed E-state index contributed by atoms with van der Waals surface area (Å²) in [5, 5.41) is 3.02. The zero-order chi connectivity index (χ0) is 18.6. The van der Waals surface area contributed by atoms with E-state index in [1.54, 1.807) is 4.57 Å². The van der Waals surface area contributed by atoms with E-state index in [2.05, 4.69) is 19.2 Å². The van der Waals surface area contributed by atoms with Gasteiger partial charge in [-0.3, -0.25) is 18.7 Å². The molecule has 2 rings (SSSR count). The Balaban J connectivity index is 2.15. The highest BCUT2D eigenvalue weighted by atomic mass is 16.2. The largest absolute Gasteiger partial charge is 0.357 e. The fourth-order valence-corrected chi connectivity index (χ4v) is 3.25. The van der Waals surface area contributed by atoms with Crippen LogP contribution >= 0.6 is 0 Å².